The Morgan fingerprint density at radius 2 is 1.61 bits per heavy atom. The van der Waals surface area contributed by atoms with E-state index >= 15 is 0 Å². The minimum atomic E-state index is -0.788. The molecule has 8 nitrogen and oxygen atoms in total. The molecule has 1 aliphatic heterocycles. The average Bonchev–Trinajstić information content (AvgIpc) is 3.08. The number of carbonyl (C=O) groups is 2. The summed E-state index contributed by atoms with van der Waals surface area (Å²) in [7, 11) is 6.17. The van der Waals surface area contributed by atoms with Gasteiger partial charge in [0.1, 0.15) is 11.5 Å². The first kappa shape index (κ1) is 24.1. The summed E-state index contributed by atoms with van der Waals surface area (Å²) in [6.07, 6.45) is 0.537. The Hall–Kier alpha value is -3.52. The van der Waals surface area contributed by atoms with Gasteiger partial charge in [-0.1, -0.05) is 6.07 Å². The van der Waals surface area contributed by atoms with E-state index in [1.54, 1.807) is 50.6 Å². The van der Waals surface area contributed by atoms with Crippen LogP contribution in [-0.2, 0) is 14.3 Å². The number of carbonyl (C=O) groups excluding carboxylic acids is 2. The highest BCUT2D eigenvalue weighted by atomic mass is 16.5. The first-order valence-corrected chi connectivity index (χ1v) is 10.5. The van der Waals surface area contributed by atoms with Crippen molar-refractivity contribution >= 4 is 17.4 Å². The Kier molecular flexibility index (Phi) is 7.60. The molecular formula is C25H29NO7. The summed E-state index contributed by atoms with van der Waals surface area (Å²) in [6.45, 7) is 2.56. The van der Waals surface area contributed by atoms with Crippen LogP contribution in [0.3, 0.4) is 0 Å². The second kappa shape index (κ2) is 10.4. The molecule has 176 valence electrons. The zero-order chi connectivity index (χ0) is 24.1. The summed E-state index contributed by atoms with van der Waals surface area (Å²) in [5.74, 6) is -0.0203. The van der Waals surface area contributed by atoms with Crippen molar-refractivity contribution in [3.63, 3.8) is 0 Å². The van der Waals surface area contributed by atoms with Gasteiger partial charge < -0.3 is 29.0 Å². The van der Waals surface area contributed by atoms with E-state index in [-0.39, 0.29) is 17.9 Å². The molecule has 0 unspecified atom stereocenters. The standard InChI is InChI=1S/C25H29NO7/c1-15-13-17(8-9-18(15)31-3)23(27)21-22(16-7-10-19(32-4)20(14-16)33-5)26(11-6-12-30-2)25(29)24(21)28/h7-10,13-14,22,27H,6,11-12H2,1-5H3/b23-21+/t22-/m1/s1. The molecule has 3 rings (SSSR count). The zero-order valence-corrected chi connectivity index (χ0v) is 19.5. The van der Waals surface area contributed by atoms with Crippen LogP contribution >= 0.6 is 0 Å². The molecule has 33 heavy (non-hydrogen) atoms. The number of ketones is 1. The molecule has 0 radical (unpaired) electrons. The van der Waals surface area contributed by atoms with E-state index in [4.69, 9.17) is 18.9 Å². The molecule has 1 saturated heterocycles. The first-order chi connectivity index (χ1) is 15.9. The minimum Gasteiger partial charge on any atom is -0.507 e. The van der Waals surface area contributed by atoms with Gasteiger partial charge in [0.2, 0.25) is 0 Å². The van der Waals surface area contributed by atoms with Gasteiger partial charge in [-0.25, -0.2) is 0 Å². The highest BCUT2D eigenvalue weighted by molar-refractivity contribution is 6.46. The van der Waals surface area contributed by atoms with Crippen LogP contribution < -0.4 is 14.2 Å². The molecule has 0 spiro atoms. The van der Waals surface area contributed by atoms with E-state index in [0.717, 1.165) is 5.56 Å². The van der Waals surface area contributed by atoms with Gasteiger partial charge in [-0.3, -0.25) is 9.59 Å². The summed E-state index contributed by atoms with van der Waals surface area (Å²) in [4.78, 5) is 27.6. The number of aryl methyl sites for hydroxylation is 1. The SMILES string of the molecule is COCCCN1C(=O)C(=O)/C(=C(/O)c2ccc(OC)c(C)c2)[C@H]1c1ccc(OC)c(OC)c1. The molecule has 1 heterocycles. The van der Waals surface area contributed by atoms with E-state index in [2.05, 4.69) is 0 Å². The lowest BCUT2D eigenvalue weighted by Gasteiger charge is -2.26. The third kappa shape index (κ3) is 4.66. The Bertz CT molecular complexity index is 1080. The molecule has 2 aromatic carbocycles. The predicted molar refractivity (Wildman–Crippen MR) is 123 cm³/mol. The van der Waals surface area contributed by atoms with Crippen molar-refractivity contribution < 1.29 is 33.6 Å². The molecular weight excluding hydrogens is 426 g/mol. The summed E-state index contributed by atoms with van der Waals surface area (Å²) in [6, 6.07) is 9.48. The summed E-state index contributed by atoms with van der Waals surface area (Å²) in [5, 5.41) is 11.2. The Labute approximate surface area is 193 Å². The van der Waals surface area contributed by atoms with Crippen LogP contribution in [0, 0.1) is 6.92 Å². The van der Waals surface area contributed by atoms with Gasteiger partial charge >= 0.3 is 0 Å². The fourth-order valence-electron chi connectivity index (χ4n) is 4.04. The lowest BCUT2D eigenvalue weighted by molar-refractivity contribution is -0.140. The Morgan fingerprint density at radius 1 is 0.939 bits per heavy atom. The summed E-state index contributed by atoms with van der Waals surface area (Å²) >= 11 is 0. The van der Waals surface area contributed by atoms with Crippen molar-refractivity contribution in [1.82, 2.24) is 4.90 Å². The topological polar surface area (TPSA) is 94.5 Å². The summed E-state index contributed by atoms with van der Waals surface area (Å²) < 4.78 is 21.1. The largest absolute Gasteiger partial charge is 0.507 e. The molecule has 1 aliphatic rings. The molecule has 1 N–H and O–H groups in total. The van der Waals surface area contributed by atoms with E-state index in [0.29, 0.717) is 41.4 Å². The number of rotatable bonds is 9. The zero-order valence-electron chi connectivity index (χ0n) is 19.5. The minimum absolute atomic E-state index is 0.0224. The molecule has 1 fully saturated rings. The van der Waals surface area contributed by atoms with E-state index in [1.807, 2.05) is 6.92 Å². The van der Waals surface area contributed by atoms with Crippen molar-refractivity contribution in [3.05, 3.63) is 58.7 Å². The molecule has 1 atom stereocenters. The van der Waals surface area contributed by atoms with Crippen LogP contribution in [0.1, 0.15) is 29.2 Å². The molecule has 0 aliphatic carbocycles. The quantitative estimate of drug-likeness (QED) is 0.268. The fourth-order valence-corrected chi connectivity index (χ4v) is 4.04. The number of likely N-dealkylation sites (tertiary alicyclic amines) is 1. The van der Waals surface area contributed by atoms with Crippen LogP contribution in [0.2, 0.25) is 0 Å². The molecule has 0 bridgehead atoms. The van der Waals surface area contributed by atoms with E-state index < -0.39 is 17.7 Å². The maximum absolute atomic E-state index is 13.1. The predicted octanol–water partition coefficient (Wildman–Crippen LogP) is 3.48. The number of aliphatic hydroxyl groups is 1. The highest BCUT2D eigenvalue weighted by Gasteiger charge is 2.46. The normalized spacial score (nSPS) is 17.4. The van der Waals surface area contributed by atoms with Gasteiger partial charge in [0.15, 0.2) is 11.5 Å². The number of amides is 1. The average molecular weight is 456 g/mol. The van der Waals surface area contributed by atoms with Crippen molar-refractivity contribution in [2.45, 2.75) is 19.4 Å². The third-order valence-electron chi connectivity index (χ3n) is 5.68. The van der Waals surface area contributed by atoms with Gasteiger partial charge in [-0.05, 0) is 54.8 Å². The summed E-state index contributed by atoms with van der Waals surface area (Å²) in [5.41, 5.74) is 1.86. The van der Waals surface area contributed by atoms with Crippen molar-refractivity contribution in [1.29, 1.82) is 0 Å². The monoisotopic (exact) mass is 455 g/mol. The van der Waals surface area contributed by atoms with Gasteiger partial charge in [0, 0.05) is 25.8 Å². The maximum Gasteiger partial charge on any atom is 0.295 e. The van der Waals surface area contributed by atoms with Crippen molar-refractivity contribution in [2.75, 3.05) is 41.6 Å². The Balaban J connectivity index is 2.17. The van der Waals surface area contributed by atoms with Gasteiger partial charge in [0.25, 0.3) is 11.7 Å². The van der Waals surface area contributed by atoms with Crippen LogP contribution in [-0.4, -0.2) is 63.3 Å². The molecule has 2 aromatic rings. The number of ether oxygens (including phenoxy) is 4. The number of hydrogen-bond donors (Lipinski definition) is 1. The van der Waals surface area contributed by atoms with Crippen LogP contribution in [0.15, 0.2) is 42.0 Å². The molecule has 0 aromatic heterocycles. The number of methoxy groups -OCH3 is 4. The molecule has 8 heteroatoms. The van der Waals surface area contributed by atoms with Gasteiger partial charge in [-0.15, -0.1) is 0 Å². The second-order valence-electron chi connectivity index (χ2n) is 7.64. The van der Waals surface area contributed by atoms with Crippen LogP contribution in [0.5, 0.6) is 17.2 Å². The smallest absolute Gasteiger partial charge is 0.295 e. The molecule has 1 amide bonds. The lowest BCUT2D eigenvalue weighted by atomic mass is 9.94. The van der Waals surface area contributed by atoms with Gasteiger partial charge in [0.05, 0.1) is 32.9 Å². The number of aliphatic hydroxyl groups excluding tert-OH is 1. The lowest BCUT2D eigenvalue weighted by Crippen LogP contribution is -2.31. The second-order valence-corrected chi connectivity index (χ2v) is 7.64. The third-order valence-corrected chi connectivity index (χ3v) is 5.68. The van der Waals surface area contributed by atoms with E-state index in [1.165, 1.54) is 19.1 Å². The van der Waals surface area contributed by atoms with Crippen LogP contribution in [0.4, 0.5) is 0 Å². The Morgan fingerprint density at radius 3 is 2.21 bits per heavy atom. The number of hydrogen-bond acceptors (Lipinski definition) is 7. The maximum atomic E-state index is 13.1. The highest BCUT2D eigenvalue weighted by Crippen LogP contribution is 2.42. The van der Waals surface area contributed by atoms with Gasteiger partial charge in [-0.2, -0.15) is 0 Å². The fraction of sp³-hybridized carbons (Fsp3) is 0.360. The first-order valence-electron chi connectivity index (χ1n) is 10.5. The number of nitrogens with zero attached hydrogens (tertiary/aromatic N) is 1. The number of Topliss-reactive ketones (excluding diaryl/α,β-unsaturated/α-hetero) is 1. The van der Waals surface area contributed by atoms with Crippen molar-refractivity contribution in [3.8, 4) is 17.2 Å². The van der Waals surface area contributed by atoms with Crippen molar-refractivity contribution in [2.24, 2.45) is 0 Å². The molecule has 0 saturated carbocycles. The van der Waals surface area contributed by atoms with Crippen LogP contribution in [0.25, 0.3) is 5.76 Å². The number of benzene rings is 2. The van der Waals surface area contributed by atoms with E-state index in [9.17, 15) is 14.7 Å².